The first-order valence-electron chi connectivity index (χ1n) is 11.8. The van der Waals surface area contributed by atoms with E-state index < -0.39 is 0 Å². The summed E-state index contributed by atoms with van der Waals surface area (Å²) in [7, 11) is 0. The van der Waals surface area contributed by atoms with E-state index in [2.05, 4.69) is 36.3 Å². The summed E-state index contributed by atoms with van der Waals surface area (Å²) in [5, 5.41) is 2.87. The van der Waals surface area contributed by atoms with Crippen LogP contribution in [0.25, 0.3) is 6.08 Å². The summed E-state index contributed by atoms with van der Waals surface area (Å²) in [6.45, 7) is 5.09. The molecule has 1 aromatic rings. The van der Waals surface area contributed by atoms with Crippen molar-refractivity contribution in [1.29, 1.82) is 0 Å². The predicted octanol–water partition coefficient (Wildman–Crippen LogP) is 6.65. The molecule has 162 valence electrons. The topological polar surface area (TPSA) is 54.1 Å². The van der Waals surface area contributed by atoms with Crippen LogP contribution in [-0.2, 0) is 16.0 Å². The Morgan fingerprint density at radius 3 is 2.24 bits per heavy atom. The van der Waals surface area contributed by atoms with Crippen LogP contribution in [0, 0.1) is 0 Å². The number of unbranched alkanes of at least 4 members (excludes halogenated alkanes) is 10. The highest BCUT2D eigenvalue weighted by atomic mass is 16.5. The van der Waals surface area contributed by atoms with Crippen LogP contribution in [0.5, 0.6) is 0 Å². The number of hydrogen-bond acceptors (Lipinski definition) is 2. The first-order chi connectivity index (χ1) is 14.2. The molecule has 0 saturated heterocycles. The Balaban J connectivity index is 1.69. The Kier molecular flexibility index (Phi) is 11.3. The third-order valence-corrected chi connectivity index (χ3v) is 5.41. The van der Waals surface area contributed by atoms with Gasteiger partial charge in [0.25, 0.3) is 5.91 Å². The smallest absolute Gasteiger partial charge is 0.252 e. The molecule has 4 nitrogen and oxygen atoms in total. The second-order valence-corrected chi connectivity index (χ2v) is 8.13. The number of aryl methyl sites for hydroxylation is 1. The lowest BCUT2D eigenvalue weighted by molar-refractivity contribution is -0.115. The summed E-state index contributed by atoms with van der Waals surface area (Å²) in [6, 6.07) is 4.23. The molecule has 0 bridgehead atoms. The van der Waals surface area contributed by atoms with Crippen molar-refractivity contribution in [3.05, 3.63) is 41.1 Å². The fraction of sp³-hybridized carbons (Fsp3) is 0.640. The molecule has 1 aromatic heterocycles. The van der Waals surface area contributed by atoms with Crippen LogP contribution < -0.4 is 5.32 Å². The minimum atomic E-state index is -0.108. The molecular weight excluding hydrogens is 360 g/mol. The monoisotopic (exact) mass is 400 g/mol. The number of H-pyrrole nitrogens is 1. The van der Waals surface area contributed by atoms with Gasteiger partial charge in [0.1, 0.15) is 5.76 Å². The molecule has 1 aliphatic rings. The second kappa shape index (κ2) is 14.1. The second-order valence-electron chi connectivity index (χ2n) is 8.13. The van der Waals surface area contributed by atoms with Crippen molar-refractivity contribution in [1.82, 2.24) is 10.3 Å². The van der Waals surface area contributed by atoms with Gasteiger partial charge in [-0.1, -0.05) is 78.1 Å². The number of carbonyl (C=O) groups excluding carboxylic acids is 1. The molecule has 2 heterocycles. The van der Waals surface area contributed by atoms with Crippen molar-refractivity contribution in [3.63, 3.8) is 0 Å². The Morgan fingerprint density at radius 1 is 0.862 bits per heavy atom. The molecule has 0 aromatic carbocycles. The van der Waals surface area contributed by atoms with E-state index in [1.165, 1.54) is 63.5 Å². The van der Waals surface area contributed by atoms with Crippen molar-refractivity contribution < 1.29 is 9.53 Å². The molecule has 0 spiro atoms. The maximum Gasteiger partial charge on any atom is 0.252 e. The number of aromatic amines is 1. The Bertz CT molecular complexity index is 658. The summed E-state index contributed by atoms with van der Waals surface area (Å²) >= 11 is 0. The highest BCUT2D eigenvalue weighted by molar-refractivity contribution is 5.95. The van der Waals surface area contributed by atoms with E-state index in [9.17, 15) is 4.79 Å². The van der Waals surface area contributed by atoms with Gasteiger partial charge >= 0.3 is 0 Å². The number of nitrogens with one attached hydrogen (secondary N) is 2. The lowest BCUT2D eigenvalue weighted by atomic mass is 10.1. The molecule has 0 saturated carbocycles. The van der Waals surface area contributed by atoms with Gasteiger partial charge in [-0.25, -0.2) is 0 Å². The van der Waals surface area contributed by atoms with Gasteiger partial charge in [-0.2, -0.15) is 0 Å². The summed E-state index contributed by atoms with van der Waals surface area (Å²) < 4.78 is 5.80. The molecule has 1 aliphatic heterocycles. The van der Waals surface area contributed by atoms with E-state index in [0.717, 1.165) is 37.1 Å². The largest absolute Gasteiger partial charge is 0.491 e. The summed E-state index contributed by atoms with van der Waals surface area (Å²) in [4.78, 5) is 15.2. The van der Waals surface area contributed by atoms with Gasteiger partial charge in [0.2, 0.25) is 0 Å². The zero-order valence-corrected chi connectivity index (χ0v) is 18.5. The molecule has 0 fully saturated rings. The van der Waals surface area contributed by atoms with Crippen molar-refractivity contribution >= 4 is 12.0 Å². The minimum Gasteiger partial charge on any atom is -0.491 e. The minimum absolute atomic E-state index is 0.108. The molecular formula is C25H40N2O2. The molecule has 29 heavy (non-hydrogen) atoms. The maximum atomic E-state index is 11.7. The van der Waals surface area contributed by atoms with Crippen LogP contribution in [0.1, 0.15) is 102 Å². The van der Waals surface area contributed by atoms with Crippen LogP contribution in [0.4, 0.5) is 0 Å². The molecule has 0 atom stereocenters. The van der Waals surface area contributed by atoms with Crippen molar-refractivity contribution in [2.75, 3.05) is 6.61 Å². The van der Waals surface area contributed by atoms with Gasteiger partial charge < -0.3 is 15.0 Å². The Morgan fingerprint density at radius 2 is 1.52 bits per heavy atom. The lowest BCUT2D eigenvalue weighted by Gasteiger charge is -2.08. The first kappa shape index (κ1) is 23.3. The zero-order valence-electron chi connectivity index (χ0n) is 18.5. The van der Waals surface area contributed by atoms with E-state index >= 15 is 0 Å². The number of aromatic nitrogens is 1. The Hall–Kier alpha value is -1.97. The molecule has 0 unspecified atom stereocenters. The summed E-state index contributed by atoms with van der Waals surface area (Å²) in [6.07, 6.45) is 20.1. The highest BCUT2D eigenvalue weighted by Gasteiger charge is 2.19. The van der Waals surface area contributed by atoms with Crippen molar-refractivity contribution in [2.24, 2.45) is 0 Å². The van der Waals surface area contributed by atoms with Crippen LogP contribution in [0.15, 0.2) is 29.7 Å². The van der Waals surface area contributed by atoms with Crippen molar-refractivity contribution in [3.8, 4) is 0 Å². The highest BCUT2D eigenvalue weighted by Crippen LogP contribution is 2.19. The van der Waals surface area contributed by atoms with Crippen LogP contribution in [-0.4, -0.2) is 17.5 Å². The van der Waals surface area contributed by atoms with E-state index in [1.807, 2.05) is 6.08 Å². The average Bonchev–Trinajstić information content (AvgIpc) is 3.30. The molecule has 2 N–H and O–H groups in total. The van der Waals surface area contributed by atoms with Crippen LogP contribution in [0.2, 0.25) is 0 Å². The normalized spacial score (nSPS) is 15.0. The number of ether oxygens (including phenoxy) is 1. The lowest BCUT2D eigenvalue weighted by Crippen LogP contribution is -2.14. The average molecular weight is 401 g/mol. The van der Waals surface area contributed by atoms with Gasteiger partial charge in [0.15, 0.2) is 0 Å². The van der Waals surface area contributed by atoms with Gasteiger partial charge in [-0.15, -0.1) is 0 Å². The van der Waals surface area contributed by atoms with E-state index in [0.29, 0.717) is 12.4 Å². The van der Waals surface area contributed by atoms with Crippen molar-refractivity contribution in [2.45, 2.75) is 97.3 Å². The summed E-state index contributed by atoms with van der Waals surface area (Å²) in [5.74, 6) is 0.546. The van der Waals surface area contributed by atoms with E-state index in [1.54, 1.807) is 6.08 Å². The molecule has 1 amide bonds. The van der Waals surface area contributed by atoms with Gasteiger partial charge in [0, 0.05) is 17.5 Å². The molecule has 4 heteroatoms. The number of rotatable bonds is 16. The molecule has 0 radical (unpaired) electrons. The number of amides is 1. The van der Waals surface area contributed by atoms with Gasteiger partial charge in [-0.3, -0.25) is 4.79 Å². The quantitative estimate of drug-likeness (QED) is 0.305. The molecule has 2 rings (SSSR count). The van der Waals surface area contributed by atoms with Crippen LogP contribution >= 0.6 is 0 Å². The predicted molar refractivity (Wildman–Crippen MR) is 121 cm³/mol. The summed E-state index contributed by atoms with van der Waals surface area (Å²) in [5.41, 5.74) is 3.03. The first-order valence-corrected chi connectivity index (χ1v) is 11.8. The SMILES string of the molecule is CCCCCCCCCCCc1ccc(/C=C2/NC(=O)C=C2OCCCCC)[nH]1. The van der Waals surface area contributed by atoms with Gasteiger partial charge in [-0.05, 0) is 37.5 Å². The fourth-order valence-electron chi connectivity index (χ4n) is 3.66. The maximum absolute atomic E-state index is 11.7. The number of hydrogen-bond donors (Lipinski definition) is 2. The standard InChI is InChI=1S/C25H40N2O2/c1-3-5-7-8-9-10-11-12-13-15-21-16-17-22(26-21)19-23-24(20-25(28)27-23)29-18-14-6-4-2/h16-17,19-20,26H,3-15,18H2,1-2H3,(H,27,28)/b23-19+. The van der Waals surface area contributed by atoms with Gasteiger partial charge in [0.05, 0.1) is 12.3 Å². The van der Waals surface area contributed by atoms with Crippen LogP contribution in [0.3, 0.4) is 0 Å². The Labute approximate surface area is 177 Å². The van der Waals surface area contributed by atoms with E-state index in [-0.39, 0.29) is 5.91 Å². The third kappa shape index (κ3) is 9.38. The van der Waals surface area contributed by atoms with E-state index in [4.69, 9.17) is 4.74 Å². The third-order valence-electron chi connectivity index (χ3n) is 5.41. The number of carbonyl (C=O) groups is 1. The zero-order chi connectivity index (χ0) is 20.7. The fourth-order valence-corrected chi connectivity index (χ4v) is 3.66. The molecule has 0 aliphatic carbocycles.